The van der Waals surface area contributed by atoms with Crippen molar-refractivity contribution < 1.29 is 14.6 Å². The van der Waals surface area contributed by atoms with Crippen LogP contribution in [0.25, 0.3) is 10.9 Å². The van der Waals surface area contributed by atoms with Gasteiger partial charge >= 0.3 is 5.97 Å². The van der Waals surface area contributed by atoms with Crippen LogP contribution in [0.4, 0.5) is 0 Å². The Kier molecular flexibility index (Phi) is 4.11. The number of nitrogens with zero attached hydrogens (tertiary/aromatic N) is 2. The summed E-state index contributed by atoms with van der Waals surface area (Å²) >= 11 is 0. The minimum absolute atomic E-state index is 0.237. The first-order valence-corrected chi connectivity index (χ1v) is 8.20. The highest BCUT2D eigenvalue weighted by molar-refractivity contribution is 5.92. The summed E-state index contributed by atoms with van der Waals surface area (Å²) in [5.74, 6) is 0.599. The quantitative estimate of drug-likeness (QED) is 0.576. The second-order valence-corrected chi connectivity index (χ2v) is 5.97. The minimum atomic E-state index is -0.952. The lowest BCUT2D eigenvalue weighted by atomic mass is 10.2. The van der Waals surface area contributed by atoms with Crippen LogP contribution in [0.2, 0.25) is 0 Å². The molecule has 0 aliphatic heterocycles. The van der Waals surface area contributed by atoms with E-state index in [9.17, 15) is 4.79 Å². The van der Waals surface area contributed by atoms with Gasteiger partial charge in [0, 0.05) is 11.6 Å². The number of benzene rings is 3. The van der Waals surface area contributed by atoms with Crippen LogP contribution in [0.3, 0.4) is 0 Å². The van der Waals surface area contributed by atoms with Crippen LogP contribution in [0.5, 0.6) is 11.5 Å². The number of hydrogen-bond acceptors (Lipinski definition) is 3. The molecule has 5 nitrogen and oxygen atoms in total. The number of ether oxygens (including phenoxy) is 1. The van der Waals surface area contributed by atoms with Crippen LogP contribution < -0.4 is 4.74 Å². The molecule has 0 aliphatic carbocycles. The lowest BCUT2D eigenvalue weighted by Gasteiger charge is -2.07. The second-order valence-electron chi connectivity index (χ2n) is 5.97. The summed E-state index contributed by atoms with van der Waals surface area (Å²) in [5.41, 5.74) is 1.95. The average molecular weight is 344 g/mol. The van der Waals surface area contributed by atoms with Gasteiger partial charge in [-0.2, -0.15) is 5.10 Å². The molecule has 1 heterocycles. The van der Waals surface area contributed by atoms with Gasteiger partial charge in [0.05, 0.1) is 17.6 Å². The molecule has 0 fully saturated rings. The summed E-state index contributed by atoms with van der Waals surface area (Å²) < 4.78 is 7.67. The molecule has 5 heteroatoms. The Morgan fingerprint density at radius 3 is 2.58 bits per heavy atom. The van der Waals surface area contributed by atoms with Crippen molar-refractivity contribution in [2.24, 2.45) is 0 Å². The normalized spacial score (nSPS) is 10.8. The molecular weight excluding hydrogens is 328 g/mol. The van der Waals surface area contributed by atoms with E-state index in [0.717, 1.165) is 22.4 Å². The fourth-order valence-corrected chi connectivity index (χ4v) is 2.80. The first kappa shape index (κ1) is 15.9. The molecule has 0 atom stereocenters. The molecular formula is C21H16N2O3. The Balaban J connectivity index is 1.56. The third-order valence-corrected chi connectivity index (χ3v) is 4.02. The number of rotatable bonds is 5. The second kappa shape index (κ2) is 6.72. The number of carbonyl (C=O) groups is 1. The van der Waals surface area contributed by atoms with Crippen molar-refractivity contribution >= 4 is 16.9 Å². The Hall–Kier alpha value is -3.60. The van der Waals surface area contributed by atoms with Crippen LogP contribution in [0.15, 0.2) is 79.0 Å². The lowest BCUT2D eigenvalue weighted by molar-refractivity contribution is 0.0697. The molecule has 0 spiro atoms. The zero-order valence-corrected chi connectivity index (χ0v) is 13.9. The predicted molar refractivity (Wildman–Crippen MR) is 98.8 cm³/mol. The van der Waals surface area contributed by atoms with Gasteiger partial charge in [0.1, 0.15) is 11.5 Å². The summed E-state index contributed by atoms with van der Waals surface area (Å²) in [6.45, 7) is 0.572. The van der Waals surface area contributed by atoms with E-state index in [0.29, 0.717) is 12.1 Å². The standard InChI is InChI=1S/C21H16N2O3/c24-21(25)16-9-10-17-14-23(22-20(17)12-16)13-15-5-4-8-19(11-15)26-18-6-2-1-3-7-18/h1-12,14H,13H2,(H,24,25). The third-order valence-electron chi connectivity index (χ3n) is 4.02. The van der Waals surface area contributed by atoms with E-state index in [2.05, 4.69) is 5.10 Å². The Morgan fingerprint density at radius 1 is 0.962 bits per heavy atom. The first-order chi connectivity index (χ1) is 12.7. The topological polar surface area (TPSA) is 64.3 Å². The van der Waals surface area contributed by atoms with E-state index in [1.807, 2.05) is 60.8 Å². The van der Waals surface area contributed by atoms with Crippen LogP contribution in [0.1, 0.15) is 15.9 Å². The van der Waals surface area contributed by atoms with Gasteiger partial charge in [-0.15, -0.1) is 0 Å². The van der Waals surface area contributed by atoms with Crippen molar-refractivity contribution in [2.75, 3.05) is 0 Å². The van der Waals surface area contributed by atoms with Crippen molar-refractivity contribution in [3.8, 4) is 11.5 Å². The van der Waals surface area contributed by atoms with Gasteiger partial charge in [0.25, 0.3) is 0 Å². The van der Waals surface area contributed by atoms with E-state index < -0.39 is 5.97 Å². The number of aromatic carboxylic acids is 1. The smallest absolute Gasteiger partial charge is 0.335 e. The lowest BCUT2D eigenvalue weighted by Crippen LogP contribution is -2.00. The fourth-order valence-electron chi connectivity index (χ4n) is 2.80. The van der Waals surface area contributed by atoms with Crippen molar-refractivity contribution in [3.63, 3.8) is 0 Å². The van der Waals surface area contributed by atoms with E-state index in [-0.39, 0.29) is 5.56 Å². The number of aromatic nitrogens is 2. The Bertz CT molecular complexity index is 1070. The Morgan fingerprint density at radius 2 is 1.77 bits per heavy atom. The third kappa shape index (κ3) is 3.42. The van der Waals surface area contributed by atoms with E-state index in [4.69, 9.17) is 9.84 Å². The Labute approximate surface area is 150 Å². The summed E-state index contributed by atoms with van der Waals surface area (Å²) in [5, 5.41) is 14.5. The summed E-state index contributed by atoms with van der Waals surface area (Å²) in [6.07, 6.45) is 1.91. The molecule has 0 radical (unpaired) electrons. The zero-order chi connectivity index (χ0) is 17.9. The monoisotopic (exact) mass is 344 g/mol. The molecule has 1 aromatic heterocycles. The average Bonchev–Trinajstić information content (AvgIpc) is 3.04. The van der Waals surface area contributed by atoms with E-state index in [1.165, 1.54) is 0 Å². The number of hydrogen-bond donors (Lipinski definition) is 1. The minimum Gasteiger partial charge on any atom is -0.478 e. The highest BCUT2D eigenvalue weighted by Gasteiger charge is 2.07. The van der Waals surface area contributed by atoms with Gasteiger partial charge < -0.3 is 9.84 Å². The summed E-state index contributed by atoms with van der Waals surface area (Å²) in [7, 11) is 0. The molecule has 128 valence electrons. The largest absolute Gasteiger partial charge is 0.478 e. The molecule has 26 heavy (non-hydrogen) atoms. The SMILES string of the molecule is O=C(O)c1ccc2cn(Cc3cccc(Oc4ccccc4)c3)nc2c1. The van der Waals surface area contributed by atoms with E-state index >= 15 is 0 Å². The molecule has 0 amide bonds. The number of fused-ring (bicyclic) bond motifs is 1. The van der Waals surface area contributed by atoms with Gasteiger partial charge in [-0.25, -0.2) is 4.79 Å². The van der Waals surface area contributed by atoms with Crippen molar-refractivity contribution in [1.82, 2.24) is 9.78 Å². The van der Waals surface area contributed by atoms with Crippen molar-refractivity contribution in [2.45, 2.75) is 6.54 Å². The maximum atomic E-state index is 11.1. The molecule has 0 saturated heterocycles. The number of carboxylic acids is 1. The fraction of sp³-hybridized carbons (Fsp3) is 0.0476. The summed E-state index contributed by atoms with van der Waals surface area (Å²) in [6, 6.07) is 22.4. The number of para-hydroxylation sites is 1. The zero-order valence-electron chi connectivity index (χ0n) is 13.9. The van der Waals surface area contributed by atoms with Gasteiger partial charge in [-0.1, -0.05) is 36.4 Å². The molecule has 4 rings (SSSR count). The first-order valence-electron chi connectivity index (χ1n) is 8.20. The van der Waals surface area contributed by atoms with Gasteiger partial charge in [-0.05, 0) is 42.0 Å². The highest BCUT2D eigenvalue weighted by atomic mass is 16.5. The molecule has 0 saturated carbocycles. The molecule has 4 aromatic rings. The van der Waals surface area contributed by atoms with Gasteiger partial charge in [0.2, 0.25) is 0 Å². The van der Waals surface area contributed by atoms with Crippen LogP contribution in [-0.4, -0.2) is 20.9 Å². The maximum Gasteiger partial charge on any atom is 0.335 e. The van der Waals surface area contributed by atoms with Crippen LogP contribution in [0, 0.1) is 0 Å². The van der Waals surface area contributed by atoms with Crippen molar-refractivity contribution in [1.29, 1.82) is 0 Å². The van der Waals surface area contributed by atoms with Gasteiger partial charge in [0.15, 0.2) is 0 Å². The molecule has 3 aromatic carbocycles. The van der Waals surface area contributed by atoms with Crippen LogP contribution >= 0.6 is 0 Å². The molecule has 1 N–H and O–H groups in total. The van der Waals surface area contributed by atoms with Crippen LogP contribution in [-0.2, 0) is 6.54 Å². The van der Waals surface area contributed by atoms with E-state index in [1.54, 1.807) is 22.9 Å². The number of carboxylic acid groups (broad SMARTS) is 1. The maximum absolute atomic E-state index is 11.1. The predicted octanol–water partition coefficient (Wildman–Crippen LogP) is 4.58. The molecule has 0 bridgehead atoms. The van der Waals surface area contributed by atoms with Crippen molar-refractivity contribution in [3.05, 3.63) is 90.1 Å². The van der Waals surface area contributed by atoms with Gasteiger partial charge in [-0.3, -0.25) is 4.68 Å². The molecule has 0 unspecified atom stereocenters. The molecule has 0 aliphatic rings. The summed E-state index contributed by atoms with van der Waals surface area (Å²) in [4.78, 5) is 11.1. The highest BCUT2D eigenvalue weighted by Crippen LogP contribution is 2.22.